The molecule has 0 aliphatic rings. The Kier molecular flexibility index (Phi) is 19.7. The van der Waals surface area contributed by atoms with E-state index < -0.39 is 29.7 Å². The number of hydrogen-bond acceptors (Lipinski definition) is 10. The van der Waals surface area contributed by atoms with Crippen molar-refractivity contribution in [2.75, 3.05) is 0 Å². The fourth-order valence-corrected chi connectivity index (χ4v) is 12.8. The molecule has 0 radical (unpaired) electrons. The fraction of sp³-hybridized carbons (Fsp3) is 0.179. The van der Waals surface area contributed by atoms with Crippen molar-refractivity contribution in [2.24, 2.45) is 0 Å². The van der Waals surface area contributed by atoms with Crippen molar-refractivity contribution in [3.8, 4) is 51.4 Å². The average Bonchev–Trinajstić information content (AvgIpc) is 0.772. The Bertz CT molecular complexity index is 4430. The largest absolute Gasteiger partial charge is 0.508 e. The Balaban J connectivity index is 1.12. The summed E-state index contributed by atoms with van der Waals surface area (Å²) >= 11 is 0. The van der Waals surface area contributed by atoms with Gasteiger partial charge in [0.25, 0.3) is 0 Å². The first-order valence-electron chi connectivity index (χ1n) is 32.0. The third kappa shape index (κ3) is 15.0. The van der Waals surface area contributed by atoms with Gasteiger partial charge in [-0.05, 0) is 257 Å². The number of phenols is 4. The van der Waals surface area contributed by atoms with E-state index in [1.54, 1.807) is 97.1 Å². The Labute approximate surface area is 564 Å². The minimum Gasteiger partial charge on any atom is -0.508 e. The van der Waals surface area contributed by atoms with Crippen LogP contribution in [0.25, 0.3) is 11.1 Å². The quantitative estimate of drug-likeness (QED) is 0.0297. The van der Waals surface area contributed by atoms with Gasteiger partial charge in [-0.2, -0.15) is 0 Å². The third-order valence-corrected chi connectivity index (χ3v) is 18.3. The van der Waals surface area contributed by atoms with Crippen LogP contribution in [-0.2, 0) is 32.7 Å². The molecule has 490 valence electrons. The number of aromatic carboxylic acids is 3. The molecule has 0 aliphatic heterocycles. The predicted molar refractivity (Wildman–Crippen MR) is 376 cm³/mol. The third-order valence-electron chi connectivity index (χ3n) is 18.3. The van der Waals surface area contributed by atoms with Crippen molar-refractivity contribution < 1.29 is 64.3 Å². The number of carboxylic acid groups (broad SMARTS) is 3. The lowest BCUT2D eigenvalue weighted by molar-refractivity contribution is 0.0686. The van der Waals surface area contributed by atoms with Crippen LogP contribution < -0.4 is 14.2 Å². The second kappa shape index (κ2) is 28.6. The minimum absolute atomic E-state index is 0.0730. The van der Waals surface area contributed by atoms with E-state index in [0.29, 0.717) is 52.3 Å². The lowest BCUT2D eigenvalue weighted by atomic mass is 9.78. The van der Waals surface area contributed by atoms with Gasteiger partial charge >= 0.3 is 17.9 Å². The molecule has 11 rings (SSSR count). The number of rotatable bonds is 23. The zero-order valence-corrected chi connectivity index (χ0v) is 55.3. The van der Waals surface area contributed by atoms with Crippen LogP contribution >= 0.6 is 0 Å². The smallest absolute Gasteiger partial charge is 0.335 e. The molecule has 0 spiro atoms. The Hall–Kier alpha value is -11.6. The van der Waals surface area contributed by atoms with Crippen LogP contribution in [0, 0.1) is 55.4 Å². The van der Waals surface area contributed by atoms with Crippen LogP contribution in [0.4, 0.5) is 0 Å². The zero-order valence-electron chi connectivity index (χ0n) is 55.3. The van der Waals surface area contributed by atoms with E-state index in [1.807, 2.05) is 122 Å². The SMILES string of the molecule is Cc1cc(C(c2cc(C)c(O)cc2C)c2cc(Cc3cc(-c4ccccc4)cc(Cc4ccc(OCc5ccc(C(=O)O)cc5)c(C(c5cc(C)c(O)cc5C)c5cc(C)c(O)cc5C)c4)c3OCc3ccc(C(=O)O)cc3)ccc2OCc2ccc(C(=O)O)cc2)c(C)cc1O. The fourth-order valence-electron chi connectivity index (χ4n) is 12.8. The zero-order chi connectivity index (χ0) is 68.9. The predicted octanol–water partition coefficient (Wildman–Crippen LogP) is 18.0. The van der Waals surface area contributed by atoms with Crippen LogP contribution in [0.1, 0.15) is 160 Å². The lowest BCUT2D eigenvalue weighted by Gasteiger charge is -2.27. The van der Waals surface area contributed by atoms with Gasteiger partial charge in [0.1, 0.15) is 60.1 Å². The van der Waals surface area contributed by atoms with Gasteiger partial charge in [-0.25, -0.2) is 14.4 Å². The summed E-state index contributed by atoms with van der Waals surface area (Å²) in [6.45, 7) is 15.6. The maximum Gasteiger partial charge on any atom is 0.335 e. The highest BCUT2D eigenvalue weighted by Crippen LogP contribution is 2.47. The topological polar surface area (TPSA) is 221 Å². The molecule has 13 nitrogen and oxygen atoms in total. The first-order chi connectivity index (χ1) is 46.5. The van der Waals surface area contributed by atoms with E-state index in [9.17, 15) is 50.1 Å². The molecule has 11 aromatic rings. The molecule has 13 heteroatoms. The van der Waals surface area contributed by atoms with Gasteiger partial charge in [-0.1, -0.05) is 115 Å². The summed E-state index contributed by atoms with van der Waals surface area (Å²) in [7, 11) is 0. The standard InChI is InChI=1S/C84H76O13/c1-47-34-73(85)51(5)30-67(47)79(68-31-52(6)74(86)35-48(68)2)71-40-58(20-28-77(71)95-44-55-14-22-61(23-15-55)82(89)90)38-65-42-64(60-12-10-9-11-13-60)43-66(81(65)97-46-57-18-26-63(27-19-57)84(93)94)39-59-21-29-78(96-45-56-16-24-62(25-17-56)83(91)92)72(41-59)80(69-32-53(7)75(87)36-49(69)3)70-33-54(8)76(88)37-50(70)4/h9-37,40-43,79-80,85-88H,38-39,44-46H2,1-8H3,(H,89,90)(H,91,92)(H,93,94). The monoisotopic (exact) mass is 1290 g/mol. The van der Waals surface area contributed by atoms with Crippen LogP contribution in [0.2, 0.25) is 0 Å². The number of hydrogen-bond donors (Lipinski definition) is 7. The number of carboxylic acids is 3. The molecule has 0 saturated heterocycles. The number of phenolic OH excluding ortho intramolecular Hbond substituents is 4. The van der Waals surface area contributed by atoms with Crippen molar-refractivity contribution >= 4 is 17.9 Å². The molecule has 0 aromatic heterocycles. The molecule has 0 fully saturated rings. The maximum absolute atomic E-state index is 12.1. The lowest BCUT2D eigenvalue weighted by Crippen LogP contribution is -2.12. The number of aromatic hydroxyl groups is 4. The molecule has 0 aliphatic carbocycles. The van der Waals surface area contributed by atoms with Crippen LogP contribution in [-0.4, -0.2) is 53.7 Å². The van der Waals surface area contributed by atoms with E-state index in [4.69, 9.17) is 14.2 Å². The summed E-state index contributed by atoms with van der Waals surface area (Å²) in [5, 5.41) is 73.8. The first-order valence-corrected chi connectivity index (χ1v) is 32.0. The number of ether oxygens (including phenoxy) is 3. The molecule has 0 bridgehead atoms. The molecule has 7 N–H and O–H groups in total. The number of carbonyl (C=O) groups is 3. The van der Waals surface area contributed by atoms with Gasteiger partial charge in [0.05, 0.1) is 16.7 Å². The summed E-state index contributed by atoms with van der Waals surface area (Å²) in [5.74, 6) is -1.83. The van der Waals surface area contributed by atoms with Gasteiger partial charge < -0.3 is 50.0 Å². The maximum atomic E-state index is 12.1. The van der Waals surface area contributed by atoms with Gasteiger partial charge in [0.2, 0.25) is 0 Å². The van der Waals surface area contributed by atoms with Crippen molar-refractivity contribution in [3.05, 3.63) is 334 Å². The molecular weight excluding hydrogens is 1220 g/mol. The molecule has 0 unspecified atom stereocenters. The summed E-state index contributed by atoms with van der Waals surface area (Å²) in [6, 6.07) is 61.5. The molecular formula is C84H76O13. The molecule has 0 amide bonds. The van der Waals surface area contributed by atoms with Crippen molar-refractivity contribution in [1.29, 1.82) is 0 Å². The van der Waals surface area contributed by atoms with Crippen LogP contribution in [0.5, 0.6) is 40.2 Å². The van der Waals surface area contributed by atoms with E-state index in [1.165, 1.54) is 0 Å². The summed E-state index contributed by atoms with van der Waals surface area (Å²) in [5.41, 5.74) is 19.2. The second-order valence-electron chi connectivity index (χ2n) is 25.3. The van der Waals surface area contributed by atoms with E-state index >= 15 is 0 Å². The Morgan fingerprint density at radius 1 is 0.309 bits per heavy atom. The van der Waals surface area contributed by atoms with Crippen molar-refractivity contribution in [2.45, 2.75) is 99.9 Å². The van der Waals surface area contributed by atoms with Crippen LogP contribution in [0.15, 0.2) is 200 Å². The van der Waals surface area contributed by atoms with E-state index in [2.05, 4.69) is 36.4 Å². The summed E-state index contributed by atoms with van der Waals surface area (Å²) < 4.78 is 20.9. The summed E-state index contributed by atoms with van der Waals surface area (Å²) in [6.07, 6.45) is 0.649. The first kappa shape index (κ1) is 66.9. The molecule has 0 heterocycles. The minimum atomic E-state index is -1.05. The molecule has 0 atom stereocenters. The van der Waals surface area contributed by atoms with Gasteiger partial charge in [0.15, 0.2) is 0 Å². The second-order valence-corrected chi connectivity index (χ2v) is 25.3. The highest BCUT2D eigenvalue weighted by molar-refractivity contribution is 5.88. The van der Waals surface area contributed by atoms with Crippen molar-refractivity contribution in [1.82, 2.24) is 0 Å². The highest BCUT2D eigenvalue weighted by Gasteiger charge is 2.30. The Morgan fingerprint density at radius 2 is 0.608 bits per heavy atom. The Morgan fingerprint density at radius 3 is 0.918 bits per heavy atom. The highest BCUT2D eigenvalue weighted by atomic mass is 16.5. The molecule has 11 aromatic carbocycles. The average molecular weight is 1290 g/mol. The summed E-state index contributed by atoms with van der Waals surface area (Å²) in [4.78, 5) is 35.9. The van der Waals surface area contributed by atoms with E-state index in [0.717, 1.165) is 106 Å². The number of benzene rings is 11. The van der Waals surface area contributed by atoms with Gasteiger partial charge in [-0.3, -0.25) is 0 Å². The molecule has 0 saturated carbocycles. The van der Waals surface area contributed by atoms with Crippen molar-refractivity contribution in [3.63, 3.8) is 0 Å². The normalized spacial score (nSPS) is 11.3. The van der Waals surface area contributed by atoms with Gasteiger partial charge in [-0.15, -0.1) is 0 Å². The van der Waals surface area contributed by atoms with Crippen LogP contribution in [0.3, 0.4) is 0 Å². The molecule has 97 heavy (non-hydrogen) atoms. The van der Waals surface area contributed by atoms with E-state index in [-0.39, 0.29) is 59.5 Å². The van der Waals surface area contributed by atoms with Gasteiger partial charge in [0, 0.05) is 35.8 Å². The number of aryl methyl sites for hydroxylation is 8.